The van der Waals surface area contributed by atoms with E-state index in [1.165, 1.54) is 0 Å². The van der Waals surface area contributed by atoms with Crippen LogP contribution in [0.3, 0.4) is 0 Å². The Kier molecular flexibility index (Phi) is 1.88. The van der Waals surface area contributed by atoms with Crippen molar-refractivity contribution < 1.29 is 0 Å². The number of hydrogen-bond acceptors (Lipinski definition) is 2. The molecule has 0 aromatic heterocycles. The van der Waals surface area contributed by atoms with Crippen LogP contribution in [0, 0.1) is 5.41 Å². The van der Waals surface area contributed by atoms with Gasteiger partial charge in [0.05, 0.1) is 0 Å². The number of hydrogen-bond donors (Lipinski definition) is 2. The SMILES string of the molecule is CC(C)c1cccc2c1C(=N)N=C2N. The summed E-state index contributed by atoms with van der Waals surface area (Å²) in [5.74, 6) is 1.15. The Morgan fingerprint density at radius 2 is 2.07 bits per heavy atom. The van der Waals surface area contributed by atoms with Gasteiger partial charge < -0.3 is 5.73 Å². The molecule has 0 saturated carbocycles. The van der Waals surface area contributed by atoms with Gasteiger partial charge in [0.15, 0.2) is 5.84 Å². The van der Waals surface area contributed by atoms with Gasteiger partial charge in [-0.05, 0) is 11.5 Å². The van der Waals surface area contributed by atoms with Crippen molar-refractivity contribution in [3.63, 3.8) is 0 Å². The van der Waals surface area contributed by atoms with Crippen molar-refractivity contribution in [2.75, 3.05) is 0 Å². The smallest absolute Gasteiger partial charge is 0.155 e. The summed E-state index contributed by atoms with van der Waals surface area (Å²) in [5.41, 5.74) is 8.67. The third-order valence-corrected chi connectivity index (χ3v) is 2.46. The fourth-order valence-electron chi connectivity index (χ4n) is 1.77. The molecule has 0 aliphatic carbocycles. The van der Waals surface area contributed by atoms with Crippen molar-refractivity contribution in [1.29, 1.82) is 5.41 Å². The molecule has 3 nitrogen and oxygen atoms in total. The van der Waals surface area contributed by atoms with Crippen molar-refractivity contribution >= 4 is 11.7 Å². The van der Waals surface area contributed by atoms with Crippen LogP contribution < -0.4 is 5.73 Å². The summed E-state index contributed by atoms with van der Waals surface area (Å²) in [7, 11) is 0. The molecule has 0 unspecified atom stereocenters. The Balaban J connectivity index is 2.67. The summed E-state index contributed by atoms with van der Waals surface area (Å²) < 4.78 is 0. The molecule has 0 amide bonds. The maximum atomic E-state index is 7.73. The Morgan fingerprint density at radius 1 is 1.36 bits per heavy atom. The third kappa shape index (κ3) is 1.13. The minimum absolute atomic E-state index is 0.293. The lowest BCUT2D eigenvalue weighted by Crippen LogP contribution is -2.11. The summed E-state index contributed by atoms with van der Waals surface area (Å²) >= 11 is 0. The molecule has 3 N–H and O–H groups in total. The fraction of sp³-hybridized carbons (Fsp3) is 0.273. The predicted octanol–water partition coefficient (Wildman–Crippen LogP) is 1.85. The van der Waals surface area contributed by atoms with Crippen LogP contribution in [0.5, 0.6) is 0 Å². The molecule has 72 valence electrons. The summed E-state index contributed by atoms with van der Waals surface area (Å²) in [6, 6.07) is 5.92. The van der Waals surface area contributed by atoms with Crippen LogP contribution in [0.15, 0.2) is 23.2 Å². The Bertz CT molecular complexity index is 430. The summed E-state index contributed by atoms with van der Waals surface area (Å²) in [6.07, 6.45) is 0. The maximum absolute atomic E-state index is 7.73. The molecule has 2 rings (SSSR count). The topological polar surface area (TPSA) is 62.2 Å². The summed E-state index contributed by atoms with van der Waals surface area (Å²) in [5, 5.41) is 7.73. The normalized spacial score (nSPS) is 14.5. The highest BCUT2D eigenvalue weighted by Gasteiger charge is 2.22. The molecular weight excluding hydrogens is 174 g/mol. The molecule has 1 aromatic carbocycles. The second-order valence-corrected chi connectivity index (χ2v) is 3.77. The van der Waals surface area contributed by atoms with Gasteiger partial charge in [-0.25, -0.2) is 4.99 Å². The molecule has 1 aliphatic heterocycles. The summed E-state index contributed by atoms with van der Waals surface area (Å²) in [4.78, 5) is 3.98. The average molecular weight is 187 g/mol. The molecule has 1 aliphatic rings. The fourth-order valence-corrected chi connectivity index (χ4v) is 1.77. The van der Waals surface area contributed by atoms with Gasteiger partial charge in [0, 0.05) is 11.1 Å². The lowest BCUT2D eigenvalue weighted by molar-refractivity contribution is 0.863. The van der Waals surface area contributed by atoms with Gasteiger partial charge >= 0.3 is 0 Å². The van der Waals surface area contributed by atoms with Crippen molar-refractivity contribution in [3.8, 4) is 0 Å². The van der Waals surface area contributed by atoms with E-state index in [-0.39, 0.29) is 0 Å². The largest absolute Gasteiger partial charge is 0.383 e. The van der Waals surface area contributed by atoms with Gasteiger partial charge in [0.25, 0.3) is 0 Å². The van der Waals surface area contributed by atoms with Crippen molar-refractivity contribution in [2.45, 2.75) is 19.8 Å². The predicted molar refractivity (Wildman–Crippen MR) is 58.1 cm³/mol. The first-order valence-corrected chi connectivity index (χ1v) is 4.67. The van der Waals surface area contributed by atoms with E-state index in [0.29, 0.717) is 17.6 Å². The van der Waals surface area contributed by atoms with Gasteiger partial charge in [-0.2, -0.15) is 0 Å². The van der Waals surface area contributed by atoms with E-state index in [9.17, 15) is 0 Å². The first-order valence-electron chi connectivity index (χ1n) is 4.67. The standard InChI is InChI=1S/C11H13N3/c1-6(2)7-4-3-5-8-9(7)11(13)14-10(8)12/h3-6H,1-2H3,(H3,12,13,14). The van der Waals surface area contributed by atoms with Crippen LogP contribution in [-0.4, -0.2) is 11.7 Å². The van der Waals surface area contributed by atoms with E-state index >= 15 is 0 Å². The summed E-state index contributed by atoms with van der Waals surface area (Å²) in [6.45, 7) is 4.22. The van der Waals surface area contributed by atoms with Gasteiger partial charge in [-0.15, -0.1) is 0 Å². The van der Waals surface area contributed by atoms with Crippen LogP contribution in [0.4, 0.5) is 0 Å². The Hall–Kier alpha value is -1.64. The van der Waals surface area contributed by atoms with E-state index < -0.39 is 0 Å². The molecule has 1 aromatic rings. The lowest BCUT2D eigenvalue weighted by Gasteiger charge is -2.10. The van der Waals surface area contributed by atoms with Crippen LogP contribution in [-0.2, 0) is 0 Å². The lowest BCUT2D eigenvalue weighted by atomic mass is 9.94. The Labute approximate surface area is 83.2 Å². The molecule has 1 heterocycles. The zero-order chi connectivity index (χ0) is 10.3. The molecular formula is C11H13N3. The van der Waals surface area contributed by atoms with Gasteiger partial charge in [0.2, 0.25) is 0 Å². The minimum Gasteiger partial charge on any atom is -0.383 e. The highest BCUT2D eigenvalue weighted by Crippen LogP contribution is 2.26. The molecule has 0 radical (unpaired) electrons. The van der Waals surface area contributed by atoms with E-state index in [4.69, 9.17) is 11.1 Å². The minimum atomic E-state index is 0.293. The first kappa shape index (κ1) is 8.94. The monoisotopic (exact) mass is 187 g/mol. The molecule has 0 spiro atoms. The molecule has 0 saturated heterocycles. The Morgan fingerprint density at radius 3 is 2.71 bits per heavy atom. The van der Waals surface area contributed by atoms with Crippen LogP contribution in [0.2, 0.25) is 0 Å². The van der Waals surface area contributed by atoms with Crippen molar-refractivity contribution in [1.82, 2.24) is 0 Å². The van der Waals surface area contributed by atoms with Crippen LogP contribution in [0.1, 0.15) is 36.5 Å². The highest BCUT2D eigenvalue weighted by atomic mass is 14.9. The number of amidine groups is 2. The molecule has 0 bridgehead atoms. The molecule has 0 fully saturated rings. The number of aliphatic imine (C=N–C) groups is 1. The van der Waals surface area contributed by atoms with Crippen LogP contribution >= 0.6 is 0 Å². The van der Waals surface area contributed by atoms with Gasteiger partial charge in [0.1, 0.15) is 5.84 Å². The quantitative estimate of drug-likeness (QED) is 0.692. The average Bonchev–Trinajstić information content (AvgIpc) is 2.43. The third-order valence-electron chi connectivity index (χ3n) is 2.46. The number of benzene rings is 1. The number of rotatable bonds is 1. The van der Waals surface area contributed by atoms with Crippen LogP contribution in [0.25, 0.3) is 0 Å². The maximum Gasteiger partial charge on any atom is 0.155 e. The highest BCUT2D eigenvalue weighted by molar-refractivity contribution is 6.21. The first-order chi connectivity index (χ1) is 6.61. The van der Waals surface area contributed by atoms with E-state index in [0.717, 1.165) is 16.7 Å². The second-order valence-electron chi connectivity index (χ2n) is 3.77. The zero-order valence-corrected chi connectivity index (χ0v) is 8.33. The number of nitrogens with one attached hydrogen (secondary N) is 1. The van der Waals surface area contributed by atoms with E-state index in [2.05, 4.69) is 18.8 Å². The zero-order valence-electron chi connectivity index (χ0n) is 8.33. The molecule has 0 atom stereocenters. The molecule has 3 heteroatoms. The van der Waals surface area contributed by atoms with Crippen molar-refractivity contribution in [3.05, 3.63) is 34.9 Å². The number of nitrogens with two attached hydrogens (primary N) is 1. The van der Waals surface area contributed by atoms with Gasteiger partial charge in [-0.1, -0.05) is 32.0 Å². The second kappa shape index (κ2) is 2.94. The van der Waals surface area contributed by atoms with E-state index in [1.54, 1.807) is 0 Å². The van der Waals surface area contributed by atoms with Crippen molar-refractivity contribution in [2.24, 2.45) is 10.7 Å². The number of fused-ring (bicyclic) bond motifs is 1. The van der Waals surface area contributed by atoms with E-state index in [1.807, 2.05) is 18.2 Å². The molecule has 14 heavy (non-hydrogen) atoms. The number of nitrogens with zero attached hydrogens (tertiary/aromatic N) is 1. The van der Waals surface area contributed by atoms with Gasteiger partial charge in [-0.3, -0.25) is 5.41 Å².